The van der Waals surface area contributed by atoms with E-state index >= 15 is 0 Å². The fraction of sp³-hybridized carbons (Fsp3) is 0.923. The van der Waals surface area contributed by atoms with Crippen LogP contribution in [0.2, 0.25) is 0 Å². The molecule has 0 saturated heterocycles. The summed E-state index contributed by atoms with van der Waals surface area (Å²) in [5, 5.41) is 0. The van der Waals surface area contributed by atoms with Crippen molar-refractivity contribution in [3.05, 3.63) is 0 Å². The van der Waals surface area contributed by atoms with Gasteiger partial charge in [0.05, 0.1) is 0 Å². The second kappa shape index (κ2) is 10.3. The second-order valence-electron chi connectivity index (χ2n) is 5.12. The van der Waals surface area contributed by atoms with Crippen LogP contribution in [0, 0.1) is 0 Å². The molecule has 0 fully saturated rings. The van der Waals surface area contributed by atoms with E-state index in [9.17, 15) is 4.79 Å². The normalized spacial score (nSPS) is 13.1. The molecule has 0 aliphatic carbocycles. The molecular weight excluding hydrogens is 228 g/mol. The molecular formula is C13H30N4O. The number of carbonyl (C=O) groups excluding carboxylic acids is 1. The Morgan fingerprint density at radius 2 is 1.94 bits per heavy atom. The Hall–Kier alpha value is -0.650. The average Bonchev–Trinajstić information content (AvgIpc) is 2.32. The first-order valence-corrected chi connectivity index (χ1v) is 6.89. The van der Waals surface area contributed by atoms with Crippen LogP contribution >= 0.6 is 0 Å². The minimum absolute atomic E-state index is 0.0664. The first kappa shape index (κ1) is 17.4. The van der Waals surface area contributed by atoms with Gasteiger partial charge in [0.1, 0.15) is 0 Å². The highest BCUT2D eigenvalue weighted by molar-refractivity contribution is 5.74. The third-order valence-electron chi connectivity index (χ3n) is 3.17. The number of hydrogen-bond acceptors (Lipinski definition) is 4. The predicted octanol–water partition coefficient (Wildman–Crippen LogP) is 0.809. The van der Waals surface area contributed by atoms with Gasteiger partial charge in [0.25, 0.3) is 0 Å². The molecule has 0 aromatic heterocycles. The summed E-state index contributed by atoms with van der Waals surface area (Å²) in [4.78, 5) is 15.7. The van der Waals surface area contributed by atoms with Crippen LogP contribution in [0.3, 0.4) is 0 Å². The largest absolute Gasteiger partial charge is 0.308 e. The zero-order valence-corrected chi connectivity index (χ0v) is 12.4. The van der Waals surface area contributed by atoms with E-state index in [1.165, 1.54) is 0 Å². The van der Waals surface area contributed by atoms with Crippen LogP contribution in [0.5, 0.6) is 0 Å². The molecule has 0 aliphatic heterocycles. The van der Waals surface area contributed by atoms with Crippen molar-refractivity contribution in [3.63, 3.8) is 0 Å². The number of amides is 1. The van der Waals surface area contributed by atoms with Gasteiger partial charge in [-0.1, -0.05) is 13.3 Å². The molecule has 108 valence electrons. The van der Waals surface area contributed by atoms with Crippen LogP contribution in [-0.2, 0) is 4.79 Å². The Morgan fingerprint density at radius 1 is 1.28 bits per heavy atom. The number of carbonyl (C=O) groups is 1. The molecule has 0 aromatic carbocycles. The maximum Gasteiger partial charge on any atom is 0.233 e. The van der Waals surface area contributed by atoms with Gasteiger partial charge in [-0.3, -0.25) is 15.1 Å². The molecule has 0 heterocycles. The highest BCUT2D eigenvalue weighted by Gasteiger charge is 2.12. The highest BCUT2D eigenvalue weighted by Crippen LogP contribution is 2.05. The molecule has 18 heavy (non-hydrogen) atoms. The van der Waals surface area contributed by atoms with Gasteiger partial charge in [0, 0.05) is 19.0 Å². The maximum absolute atomic E-state index is 10.9. The molecule has 1 amide bonds. The third-order valence-corrected chi connectivity index (χ3v) is 3.17. The summed E-state index contributed by atoms with van der Waals surface area (Å²) in [5.74, 6) is 4.96. The Bertz CT molecular complexity index is 221. The summed E-state index contributed by atoms with van der Waals surface area (Å²) in [6.45, 7) is 7.75. The van der Waals surface area contributed by atoms with Crippen molar-refractivity contribution in [2.45, 2.75) is 45.6 Å². The number of nitrogens with two attached hydrogens (primary N) is 1. The molecule has 0 saturated carbocycles. The van der Waals surface area contributed by atoms with E-state index in [1.807, 2.05) is 0 Å². The molecule has 0 rings (SSSR count). The van der Waals surface area contributed by atoms with Crippen LogP contribution in [-0.4, -0.2) is 55.5 Å². The van der Waals surface area contributed by atoms with Gasteiger partial charge < -0.3 is 4.90 Å². The number of nitrogens with zero attached hydrogens (tertiary/aromatic N) is 2. The predicted molar refractivity (Wildman–Crippen MR) is 76.1 cm³/mol. The van der Waals surface area contributed by atoms with E-state index in [4.69, 9.17) is 5.84 Å². The number of likely N-dealkylation sites (N-methyl/N-ethyl adjacent to an activating group) is 2. The zero-order valence-electron chi connectivity index (χ0n) is 12.4. The van der Waals surface area contributed by atoms with Crippen molar-refractivity contribution < 1.29 is 4.79 Å². The van der Waals surface area contributed by atoms with Gasteiger partial charge in [0.15, 0.2) is 0 Å². The SMILES string of the molecule is CCN(CCCCCC(=O)NN)C(C)CN(C)C. The van der Waals surface area contributed by atoms with Gasteiger partial charge in [-0.05, 0) is 47.0 Å². The fourth-order valence-electron chi connectivity index (χ4n) is 2.18. The Balaban J connectivity index is 3.70. The number of hydrazine groups is 1. The van der Waals surface area contributed by atoms with E-state index in [2.05, 4.69) is 43.2 Å². The van der Waals surface area contributed by atoms with Crippen molar-refractivity contribution in [2.75, 3.05) is 33.7 Å². The lowest BCUT2D eigenvalue weighted by Gasteiger charge is -2.29. The van der Waals surface area contributed by atoms with Gasteiger partial charge in [-0.2, -0.15) is 0 Å². The molecule has 5 nitrogen and oxygen atoms in total. The van der Waals surface area contributed by atoms with E-state index in [0.29, 0.717) is 12.5 Å². The summed E-state index contributed by atoms with van der Waals surface area (Å²) in [5.41, 5.74) is 2.16. The molecule has 0 aromatic rings. The molecule has 5 heteroatoms. The lowest BCUT2D eigenvalue weighted by molar-refractivity contribution is -0.121. The molecule has 0 spiro atoms. The molecule has 0 bridgehead atoms. The Kier molecular flexibility index (Phi) is 9.92. The summed E-state index contributed by atoms with van der Waals surface area (Å²) in [6.07, 6.45) is 3.68. The van der Waals surface area contributed by atoms with Crippen molar-refractivity contribution in [3.8, 4) is 0 Å². The van der Waals surface area contributed by atoms with E-state index in [-0.39, 0.29) is 5.91 Å². The zero-order chi connectivity index (χ0) is 14.0. The maximum atomic E-state index is 10.9. The number of rotatable bonds is 10. The first-order valence-electron chi connectivity index (χ1n) is 6.89. The van der Waals surface area contributed by atoms with E-state index in [1.54, 1.807) is 0 Å². The standard InChI is InChI=1S/C13H30N4O/c1-5-17(12(2)11-16(3)4)10-8-6-7-9-13(18)15-14/h12H,5-11,14H2,1-4H3,(H,15,18). The van der Waals surface area contributed by atoms with Crippen LogP contribution in [0.15, 0.2) is 0 Å². The lowest BCUT2D eigenvalue weighted by atomic mass is 10.1. The first-order chi connectivity index (χ1) is 8.51. The smallest absolute Gasteiger partial charge is 0.233 e. The van der Waals surface area contributed by atoms with Crippen LogP contribution in [0.1, 0.15) is 39.5 Å². The van der Waals surface area contributed by atoms with Crippen LogP contribution in [0.25, 0.3) is 0 Å². The van der Waals surface area contributed by atoms with Crippen molar-refractivity contribution in [2.24, 2.45) is 5.84 Å². The van der Waals surface area contributed by atoms with Gasteiger partial charge in [-0.15, -0.1) is 0 Å². The lowest BCUT2D eigenvalue weighted by Crippen LogP contribution is -2.40. The highest BCUT2D eigenvalue weighted by atomic mass is 16.2. The van der Waals surface area contributed by atoms with Crippen LogP contribution in [0.4, 0.5) is 0 Å². The quantitative estimate of drug-likeness (QED) is 0.263. The molecule has 0 radical (unpaired) electrons. The second-order valence-corrected chi connectivity index (χ2v) is 5.12. The minimum atomic E-state index is -0.0664. The summed E-state index contributed by atoms with van der Waals surface area (Å²) in [7, 11) is 4.21. The Labute approximate surface area is 112 Å². The molecule has 3 N–H and O–H groups in total. The molecule has 1 atom stereocenters. The summed E-state index contributed by atoms with van der Waals surface area (Å²) >= 11 is 0. The molecule has 0 aliphatic rings. The minimum Gasteiger partial charge on any atom is -0.308 e. The Morgan fingerprint density at radius 3 is 2.44 bits per heavy atom. The topological polar surface area (TPSA) is 61.6 Å². The van der Waals surface area contributed by atoms with Crippen molar-refractivity contribution in [1.29, 1.82) is 0 Å². The number of nitrogens with one attached hydrogen (secondary N) is 1. The van der Waals surface area contributed by atoms with Gasteiger partial charge in [0.2, 0.25) is 5.91 Å². The van der Waals surface area contributed by atoms with E-state index in [0.717, 1.165) is 38.9 Å². The third kappa shape index (κ3) is 8.44. The van der Waals surface area contributed by atoms with E-state index < -0.39 is 0 Å². The molecule has 1 unspecified atom stereocenters. The summed E-state index contributed by atoms with van der Waals surface area (Å²) in [6, 6.07) is 0.581. The van der Waals surface area contributed by atoms with Gasteiger partial charge >= 0.3 is 0 Å². The number of unbranched alkanes of at least 4 members (excludes halogenated alkanes) is 2. The van der Waals surface area contributed by atoms with Gasteiger partial charge in [-0.25, -0.2) is 5.84 Å². The average molecular weight is 258 g/mol. The number of hydrogen-bond donors (Lipinski definition) is 2. The van der Waals surface area contributed by atoms with Crippen molar-refractivity contribution >= 4 is 5.91 Å². The summed E-state index contributed by atoms with van der Waals surface area (Å²) < 4.78 is 0. The fourth-order valence-corrected chi connectivity index (χ4v) is 2.18. The van der Waals surface area contributed by atoms with Crippen molar-refractivity contribution in [1.82, 2.24) is 15.2 Å². The monoisotopic (exact) mass is 258 g/mol. The van der Waals surface area contributed by atoms with Crippen LogP contribution < -0.4 is 11.3 Å².